The smallest absolute Gasteiger partial charge is 0.145 e. The number of fused-ring (bicyclic) bond motifs is 7. The maximum absolute atomic E-state index is 6.36. The van der Waals surface area contributed by atoms with Crippen LogP contribution in [-0.4, -0.2) is 4.57 Å². The van der Waals surface area contributed by atoms with Crippen LogP contribution in [0.4, 0.5) is 0 Å². The number of hydrogen-bond donors (Lipinski definition) is 0. The highest BCUT2D eigenvalue weighted by Crippen LogP contribution is 2.38. The molecule has 0 radical (unpaired) electrons. The van der Waals surface area contributed by atoms with E-state index < -0.39 is 0 Å². The van der Waals surface area contributed by atoms with Crippen molar-refractivity contribution in [3.05, 3.63) is 60.2 Å². The third-order valence-electron chi connectivity index (χ3n) is 5.12. The van der Waals surface area contributed by atoms with Gasteiger partial charge in [0, 0.05) is 28.7 Å². The molecule has 0 fully saturated rings. The first-order valence-corrected chi connectivity index (χ1v) is 8.59. The lowest BCUT2D eigenvalue weighted by molar-refractivity contribution is 0.672. The molecule has 0 aliphatic carbocycles. The fourth-order valence-electron chi connectivity index (χ4n) is 3.97. The number of benzene rings is 3. The van der Waals surface area contributed by atoms with E-state index in [0.717, 1.165) is 24.0 Å². The fraction of sp³-hybridized carbons (Fsp3) is 0.182. The maximum atomic E-state index is 6.36. The summed E-state index contributed by atoms with van der Waals surface area (Å²) in [7, 11) is 2.12. The first-order valence-electron chi connectivity index (χ1n) is 8.59. The summed E-state index contributed by atoms with van der Waals surface area (Å²) >= 11 is 0. The molecule has 0 aliphatic heterocycles. The molecule has 3 aromatic carbocycles. The molecule has 0 atom stereocenters. The Morgan fingerprint density at radius 2 is 1.71 bits per heavy atom. The van der Waals surface area contributed by atoms with Gasteiger partial charge in [0.05, 0.1) is 10.9 Å². The minimum absolute atomic E-state index is 0.997. The first-order chi connectivity index (χ1) is 11.8. The van der Waals surface area contributed by atoms with Crippen molar-refractivity contribution in [1.29, 1.82) is 0 Å². The van der Waals surface area contributed by atoms with E-state index in [1.165, 1.54) is 38.1 Å². The van der Waals surface area contributed by atoms with E-state index in [1.807, 2.05) is 0 Å². The standard InChI is InChI=1S/C22H19NO/c1-3-6-14-9-10-15-16-11-12-19-21(22(16)24-20(15)13-14)17-7-4-5-8-18(17)23(19)2/h4-5,7-13H,3,6H2,1-2H3. The Bertz CT molecular complexity index is 1220. The van der Waals surface area contributed by atoms with Crippen LogP contribution in [0.25, 0.3) is 43.7 Å². The molecule has 118 valence electrons. The summed E-state index contributed by atoms with van der Waals surface area (Å²) in [5.41, 5.74) is 5.81. The van der Waals surface area contributed by atoms with Gasteiger partial charge in [0.1, 0.15) is 11.2 Å². The minimum Gasteiger partial charge on any atom is -0.455 e. The van der Waals surface area contributed by atoms with Gasteiger partial charge in [-0.25, -0.2) is 0 Å². The average molecular weight is 313 g/mol. The number of furan rings is 1. The van der Waals surface area contributed by atoms with E-state index in [2.05, 4.69) is 73.1 Å². The summed E-state index contributed by atoms with van der Waals surface area (Å²) in [6.45, 7) is 2.21. The highest BCUT2D eigenvalue weighted by Gasteiger charge is 2.16. The Hall–Kier alpha value is -2.74. The summed E-state index contributed by atoms with van der Waals surface area (Å²) in [6, 6.07) is 19.6. The zero-order valence-corrected chi connectivity index (χ0v) is 14.0. The highest BCUT2D eigenvalue weighted by molar-refractivity contribution is 6.23. The molecule has 0 amide bonds. The molecule has 0 unspecified atom stereocenters. The summed E-state index contributed by atoms with van der Waals surface area (Å²) in [5, 5.41) is 4.89. The van der Waals surface area contributed by atoms with Crippen LogP contribution in [0.15, 0.2) is 59.0 Å². The molecule has 24 heavy (non-hydrogen) atoms. The first kappa shape index (κ1) is 13.7. The normalized spacial score (nSPS) is 12.1. The Kier molecular flexibility index (Phi) is 2.78. The molecule has 5 rings (SSSR count). The van der Waals surface area contributed by atoms with Crippen LogP contribution in [-0.2, 0) is 13.5 Å². The molecule has 0 N–H and O–H groups in total. The molecule has 0 saturated carbocycles. The fourth-order valence-corrected chi connectivity index (χ4v) is 3.97. The Labute approximate surface area is 140 Å². The van der Waals surface area contributed by atoms with Gasteiger partial charge in [-0.15, -0.1) is 0 Å². The Morgan fingerprint density at radius 3 is 2.58 bits per heavy atom. The van der Waals surface area contributed by atoms with Crippen molar-refractivity contribution in [3.8, 4) is 0 Å². The molecule has 0 bridgehead atoms. The zero-order valence-electron chi connectivity index (χ0n) is 14.0. The average Bonchev–Trinajstić information content (AvgIpc) is 3.11. The summed E-state index contributed by atoms with van der Waals surface area (Å²) in [6.07, 6.45) is 2.25. The van der Waals surface area contributed by atoms with Crippen molar-refractivity contribution < 1.29 is 4.42 Å². The lowest BCUT2D eigenvalue weighted by Crippen LogP contribution is -1.85. The maximum Gasteiger partial charge on any atom is 0.145 e. The van der Waals surface area contributed by atoms with E-state index in [4.69, 9.17) is 4.42 Å². The van der Waals surface area contributed by atoms with Gasteiger partial charge in [0.2, 0.25) is 0 Å². The third kappa shape index (κ3) is 1.71. The number of hydrogen-bond acceptors (Lipinski definition) is 1. The molecule has 2 heteroatoms. The second-order valence-electron chi connectivity index (χ2n) is 6.60. The molecule has 0 aliphatic rings. The predicted octanol–water partition coefficient (Wildman–Crippen LogP) is 6.18. The van der Waals surface area contributed by atoms with Crippen LogP contribution in [0.5, 0.6) is 0 Å². The molecule has 0 spiro atoms. The monoisotopic (exact) mass is 313 g/mol. The van der Waals surface area contributed by atoms with E-state index in [-0.39, 0.29) is 0 Å². The summed E-state index contributed by atoms with van der Waals surface area (Å²) in [4.78, 5) is 0. The van der Waals surface area contributed by atoms with Crippen LogP contribution < -0.4 is 0 Å². The van der Waals surface area contributed by atoms with Gasteiger partial charge in [-0.2, -0.15) is 0 Å². The molecule has 2 nitrogen and oxygen atoms in total. The van der Waals surface area contributed by atoms with Crippen LogP contribution in [0.1, 0.15) is 18.9 Å². The molecule has 2 aromatic heterocycles. The highest BCUT2D eigenvalue weighted by atomic mass is 16.3. The molecule has 0 saturated heterocycles. The SMILES string of the molecule is CCCc1ccc2c(c1)oc1c2ccc2c1c1ccccc1n2C. The van der Waals surface area contributed by atoms with Crippen LogP contribution in [0.3, 0.4) is 0 Å². The van der Waals surface area contributed by atoms with Crippen molar-refractivity contribution >= 4 is 43.7 Å². The molecule has 2 heterocycles. The molecule has 5 aromatic rings. The number of aromatic nitrogens is 1. The van der Waals surface area contributed by atoms with Gasteiger partial charge in [-0.3, -0.25) is 0 Å². The number of nitrogens with zero attached hydrogens (tertiary/aromatic N) is 1. The zero-order chi connectivity index (χ0) is 16.3. The summed E-state index contributed by atoms with van der Waals surface area (Å²) in [5.74, 6) is 0. The van der Waals surface area contributed by atoms with Gasteiger partial charge in [-0.05, 0) is 36.2 Å². The second-order valence-corrected chi connectivity index (χ2v) is 6.60. The van der Waals surface area contributed by atoms with Crippen LogP contribution in [0.2, 0.25) is 0 Å². The van der Waals surface area contributed by atoms with Crippen LogP contribution >= 0.6 is 0 Å². The Balaban J connectivity index is 1.96. The minimum atomic E-state index is 0.997. The van der Waals surface area contributed by atoms with Crippen molar-refractivity contribution in [1.82, 2.24) is 4.57 Å². The van der Waals surface area contributed by atoms with Crippen LogP contribution in [0, 0.1) is 0 Å². The van der Waals surface area contributed by atoms with E-state index in [9.17, 15) is 0 Å². The van der Waals surface area contributed by atoms with E-state index in [1.54, 1.807) is 0 Å². The lowest BCUT2D eigenvalue weighted by Gasteiger charge is -1.97. The molecular weight excluding hydrogens is 294 g/mol. The second kappa shape index (κ2) is 4.88. The predicted molar refractivity (Wildman–Crippen MR) is 102 cm³/mol. The largest absolute Gasteiger partial charge is 0.455 e. The Morgan fingerprint density at radius 1 is 0.875 bits per heavy atom. The van der Waals surface area contributed by atoms with Gasteiger partial charge in [0.25, 0.3) is 0 Å². The summed E-state index contributed by atoms with van der Waals surface area (Å²) < 4.78 is 8.61. The number of para-hydroxylation sites is 1. The van der Waals surface area contributed by atoms with Gasteiger partial charge >= 0.3 is 0 Å². The van der Waals surface area contributed by atoms with Crippen molar-refractivity contribution in [3.63, 3.8) is 0 Å². The van der Waals surface area contributed by atoms with E-state index >= 15 is 0 Å². The van der Waals surface area contributed by atoms with Crippen molar-refractivity contribution in [2.75, 3.05) is 0 Å². The van der Waals surface area contributed by atoms with Gasteiger partial charge in [0.15, 0.2) is 0 Å². The molecular formula is C22H19NO. The lowest BCUT2D eigenvalue weighted by atomic mass is 10.1. The van der Waals surface area contributed by atoms with Crippen molar-refractivity contribution in [2.45, 2.75) is 19.8 Å². The van der Waals surface area contributed by atoms with Gasteiger partial charge < -0.3 is 8.98 Å². The quantitative estimate of drug-likeness (QED) is 0.380. The van der Waals surface area contributed by atoms with Crippen molar-refractivity contribution in [2.24, 2.45) is 7.05 Å². The number of aryl methyl sites for hydroxylation is 2. The topological polar surface area (TPSA) is 18.1 Å². The van der Waals surface area contributed by atoms with Gasteiger partial charge in [-0.1, -0.05) is 43.7 Å². The third-order valence-corrected chi connectivity index (χ3v) is 5.12. The van der Waals surface area contributed by atoms with E-state index in [0.29, 0.717) is 0 Å². The number of rotatable bonds is 2.